The fraction of sp³-hybridized carbons (Fsp3) is 0.357. The summed E-state index contributed by atoms with van der Waals surface area (Å²) in [5, 5.41) is 8.96. The van der Waals surface area contributed by atoms with Gasteiger partial charge in [0.05, 0.1) is 17.3 Å². The average Bonchev–Trinajstić information content (AvgIpc) is 2.78. The molecule has 7 nitrogen and oxygen atoms in total. The number of amides is 2. The largest absolute Gasteiger partial charge is 0.473 e. The molecule has 1 aliphatic heterocycles. The van der Waals surface area contributed by atoms with E-state index in [0.717, 1.165) is 0 Å². The smallest absolute Gasteiger partial charge is 0.420 e. The van der Waals surface area contributed by atoms with Crippen molar-refractivity contribution in [3.05, 3.63) is 36.0 Å². The molecule has 0 spiro atoms. The summed E-state index contributed by atoms with van der Waals surface area (Å²) in [5.74, 6) is -0.336. The summed E-state index contributed by atoms with van der Waals surface area (Å²) in [6.07, 6.45) is -7.37. The molecule has 2 unspecified atom stereocenters. The van der Waals surface area contributed by atoms with Crippen molar-refractivity contribution in [1.82, 2.24) is 9.88 Å². The second-order valence-corrected chi connectivity index (χ2v) is 4.91. The first kappa shape index (κ1) is 17.6. The summed E-state index contributed by atoms with van der Waals surface area (Å²) in [6, 6.07) is 0.350. The van der Waals surface area contributed by atoms with Crippen LogP contribution in [0.4, 0.5) is 22.8 Å². The third-order valence-corrected chi connectivity index (χ3v) is 3.27. The van der Waals surface area contributed by atoms with E-state index < -0.39 is 36.1 Å². The number of alkyl halides is 3. The molecule has 130 valence electrons. The number of halogens is 3. The monoisotopic (exact) mass is 346 g/mol. The SMILES string of the molecule is C=CCOc1cc(C(F)(F)F)cc(C2OC(=O)N(C(=O)O)C2C)n1. The zero-order valence-electron chi connectivity index (χ0n) is 12.4. The summed E-state index contributed by atoms with van der Waals surface area (Å²) in [7, 11) is 0. The molecule has 2 amide bonds. The number of rotatable bonds is 4. The first-order chi connectivity index (χ1) is 11.1. The highest BCUT2D eigenvalue weighted by molar-refractivity contribution is 5.88. The van der Waals surface area contributed by atoms with Gasteiger partial charge in [-0.25, -0.2) is 19.5 Å². The number of cyclic esters (lactones) is 1. The first-order valence-electron chi connectivity index (χ1n) is 6.70. The minimum atomic E-state index is -4.68. The van der Waals surface area contributed by atoms with Gasteiger partial charge in [-0.1, -0.05) is 12.7 Å². The molecule has 1 saturated heterocycles. The van der Waals surface area contributed by atoms with Gasteiger partial charge in [-0.2, -0.15) is 13.2 Å². The van der Waals surface area contributed by atoms with Gasteiger partial charge in [-0.05, 0) is 13.0 Å². The van der Waals surface area contributed by atoms with E-state index in [2.05, 4.69) is 11.6 Å². The van der Waals surface area contributed by atoms with E-state index in [1.54, 1.807) is 0 Å². The number of carbonyl (C=O) groups excluding carboxylic acids is 1. The molecule has 2 atom stereocenters. The van der Waals surface area contributed by atoms with Crippen molar-refractivity contribution < 1.29 is 37.3 Å². The molecule has 1 aromatic rings. The van der Waals surface area contributed by atoms with Gasteiger partial charge in [-0.15, -0.1) is 0 Å². The van der Waals surface area contributed by atoms with Gasteiger partial charge >= 0.3 is 18.4 Å². The molecule has 2 heterocycles. The van der Waals surface area contributed by atoms with Gasteiger partial charge in [-0.3, -0.25) is 0 Å². The Bertz CT molecular complexity index is 677. The number of aromatic nitrogens is 1. The lowest BCUT2D eigenvalue weighted by atomic mass is 10.1. The topological polar surface area (TPSA) is 89.0 Å². The van der Waals surface area contributed by atoms with Crippen LogP contribution in [0, 0.1) is 0 Å². The number of hydrogen-bond donors (Lipinski definition) is 1. The molecule has 0 aromatic carbocycles. The fourth-order valence-electron chi connectivity index (χ4n) is 2.18. The highest BCUT2D eigenvalue weighted by Crippen LogP contribution is 2.37. The van der Waals surface area contributed by atoms with Crippen LogP contribution in [0.1, 0.15) is 24.3 Å². The lowest BCUT2D eigenvalue weighted by Gasteiger charge is -2.18. The van der Waals surface area contributed by atoms with Crippen LogP contribution in [0.15, 0.2) is 24.8 Å². The quantitative estimate of drug-likeness (QED) is 0.842. The van der Waals surface area contributed by atoms with Gasteiger partial charge in [0.15, 0.2) is 6.10 Å². The lowest BCUT2D eigenvalue weighted by molar-refractivity contribution is -0.137. The van der Waals surface area contributed by atoms with Crippen LogP contribution >= 0.6 is 0 Å². The zero-order valence-corrected chi connectivity index (χ0v) is 12.4. The molecule has 2 rings (SSSR count). The van der Waals surface area contributed by atoms with Crippen molar-refractivity contribution in [2.75, 3.05) is 6.61 Å². The van der Waals surface area contributed by atoms with Gasteiger partial charge in [0.1, 0.15) is 6.61 Å². The van der Waals surface area contributed by atoms with E-state index in [1.807, 2.05) is 0 Å². The predicted octanol–water partition coefficient (Wildman–Crippen LogP) is 3.23. The zero-order chi connectivity index (χ0) is 18.1. The highest BCUT2D eigenvalue weighted by Gasteiger charge is 2.45. The Morgan fingerprint density at radius 1 is 1.54 bits per heavy atom. The van der Waals surface area contributed by atoms with Crippen molar-refractivity contribution in [3.8, 4) is 5.88 Å². The predicted molar refractivity (Wildman–Crippen MR) is 73.5 cm³/mol. The van der Waals surface area contributed by atoms with Crippen LogP contribution in [-0.4, -0.2) is 39.8 Å². The van der Waals surface area contributed by atoms with Crippen molar-refractivity contribution >= 4 is 12.2 Å². The summed E-state index contributed by atoms with van der Waals surface area (Å²) >= 11 is 0. The van der Waals surface area contributed by atoms with E-state index in [4.69, 9.17) is 14.6 Å². The Morgan fingerprint density at radius 3 is 2.71 bits per heavy atom. The summed E-state index contributed by atoms with van der Waals surface area (Å²) < 4.78 is 48.9. The number of imide groups is 1. The number of ether oxygens (including phenoxy) is 2. The van der Waals surface area contributed by atoms with Crippen LogP contribution in [-0.2, 0) is 10.9 Å². The second kappa shape index (κ2) is 6.38. The molecule has 10 heteroatoms. The molecular formula is C14H13F3N2O5. The fourth-order valence-corrected chi connectivity index (χ4v) is 2.18. The molecule has 0 aliphatic carbocycles. The van der Waals surface area contributed by atoms with Crippen LogP contribution in [0.5, 0.6) is 5.88 Å². The molecule has 0 bridgehead atoms. The third-order valence-electron chi connectivity index (χ3n) is 3.27. The van der Waals surface area contributed by atoms with E-state index in [0.29, 0.717) is 17.0 Å². The van der Waals surface area contributed by atoms with Gasteiger partial charge in [0.25, 0.3) is 0 Å². The average molecular weight is 346 g/mol. The van der Waals surface area contributed by atoms with E-state index in [9.17, 15) is 22.8 Å². The van der Waals surface area contributed by atoms with Crippen molar-refractivity contribution in [2.24, 2.45) is 0 Å². The number of carboxylic acid groups (broad SMARTS) is 1. The van der Waals surface area contributed by atoms with Gasteiger partial charge < -0.3 is 14.6 Å². The molecule has 1 fully saturated rings. The Balaban J connectivity index is 2.43. The van der Waals surface area contributed by atoms with Crippen LogP contribution in [0.2, 0.25) is 0 Å². The third kappa shape index (κ3) is 3.42. The second-order valence-electron chi connectivity index (χ2n) is 4.91. The summed E-state index contributed by atoms with van der Waals surface area (Å²) in [5.41, 5.74) is -1.31. The van der Waals surface area contributed by atoms with Crippen LogP contribution in [0.25, 0.3) is 0 Å². The van der Waals surface area contributed by atoms with Crippen molar-refractivity contribution in [2.45, 2.75) is 25.2 Å². The highest BCUT2D eigenvalue weighted by atomic mass is 19.4. The van der Waals surface area contributed by atoms with Crippen LogP contribution < -0.4 is 4.74 Å². The summed E-state index contributed by atoms with van der Waals surface area (Å²) in [6.45, 7) is 4.64. The Kier molecular flexibility index (Phi) is 4.67. The molecular weight excluding hydrogens is 333 g/mol. The van der Waals surface area contributed by atoms with Crippen molar-refractivity contribution in [1.29, 1.82) is 0 Å². The molecule has 0 saturated carbocycles. The molecule has 0 radical (unpaired) electrons. The lowest BCUT2D eigenvalue weighted by Crippen LogP contribution is -2.36. The molecule has 1 N–H and O–H groups in total. The first-order valence-corrected chi connectivity index (χ1v) is 6.70. The standard InChI is InChI=1S/C14H13F3N2O5/c1-3-4-23-10-6-8(14(15,16)17)5-9(18-10)11-7(2)19(12(20)21)13(22)24-11/h3,5-7,11H,1,4H2,2H3,(H,20,21). The number of nitrogens with zero attached hydrogens (tertiary/aromatic N) is 2. The van der Waals surface area contributed by atoms with Gasteiger partial charge in [0, 0.05) is 6.07 Å². The Labute approximate surface area is 134 Å². The summed E-state index contributed by atoms with van der Waals surface area (Å²) in [4.78, 5) is 26.9. The van der Waals surface area contributed by atoms with Crippen molar-refractivity contribution in [3.63, 3.8) is 0 Å². The molecule has 1 aromatic heterocycles. The van der Waals surface area contributed by atoms with E-state index >= 15 is 0 Å². The minimum Gasteiger partial charge on any atom is -0.473 e. The van der Waals surface area contributed by atoms with E-state index in [-0.39, 0.29) is 18.2 Å². The maximum Gasteiger partial charge on any atom is 0.420 e. The maximum absolute atomic E-state index is 13.0. The normalized spacial score (nSPS) is 20.7. The maximum atomic E-state index is 13.0. The molecule has 1 aliphatic rings. The Hall–Kier alpha value is -2.78. The number of carbonyl (C=O) groups is 2. The van der Waals surface area contributed by atoms with E-state index in [1.165, 1.54) is 13.0 Å². The Morgan fingerprint density at radius 2 is 2.21 bits per heavy atom. The van der Waals surface area contributed by atoms with Gasteiger partial charge in [0.2, 0.25) is 5.88 Å². The van der Waals surface area contributed by atoms with Crippen LogP contribution in [0.3, 0.4) is 0 Å². The molecule has 24 heavy (non-hydrogen) atoms. The number of pyridine rings is 1. The minimum absolute atomic E-state index is 0.0744. The number of hydrogen-bond acceptors (Lipinski definition) is 5.